The van der Waals surface area contributed by atoms with Gasteiger partial charge in [-0.05, 0) is 31.6 Å². The van der Waals surface area contributed by atoms with Crippen LogP contribution in [0.1, 0.15) is 44.9 Å². The van der Waals surface area contributed by atoms with Crippen molar-refractivity contribution in [2.24, 2.45) is 17.8 Å². The summed E-state index contributed by atoms with van der Waals surface area (Å²) in [5, 5.41) is 0. The van der Waals surface area contributed by atoms with Crippen LogP contribution in [0.3, 0.4) is 0 Å². The summed E-state index contributed by atoms with van der Waals surface area (Å²) < 4.78 is 43.1. The van der Waals surface area contributed by atoms with Gasteiger partial charge in [0.1, 0.15) is 12.2 Å². The first-order valence-electron chi connectivity index (χ1n) is 9.03. The van der Waals surface area contributed by atoms with Crippen LogP contribution in [0.15, 0.2) is 0 Å². The van der Waals surface area contributed by atoms with Crippen LogP contribution in [0.2, 0.25) is 0 Å². The normalized spacial score (nSPS) is 38.7. The lowest BCUT2D eigenvalue weighted by Crippen LogP contribution is -2.40. The van der Waals surface area contributed by atoms with Crippen LogP contribution in [0.5, 0.6) is 0 Å². The Morgan fingerprint density at radius 2 is 1.96 bits per heavy atom. The largest absolute Gasteiger partial charge is 0.459 e. The van der Waals surface area contributed by atoms with Gasteiger partial charge in [0.15, 0.2) is 0 Å². The van der Waals surface area contributed by atoms with E-state index in [4.69, 9.17) is 13.7 Å². The summed E-state index contributed by atoms with van der Waals surface area (Å²) in [7, 11) is -3.85. The van der Waals surface area contributed by atoms with Crippen LogP contribution in [0, 0.1) is 17.8 Å². The minimum atomic E-state index is -3.85. The van der Waals surface area contributed by atoms with Crippen LogP contribution in [-0.4, -0.2) is 45.9 Å². The minimum absolute atomic E-state index is 0.0422. The van der Waals surface area contributed by atoms with E-state index in [0.29, 0.717) is 13.0 Å². The van der Waals surface area contributed by atoms with Gasteiger partial charge in [0.25, 0.3) is 0 Å². The van der Waals surface area contributed by atoms with Crippen molar-refractivity contribution in [3.63, 3.8) is 0 Å². The molecule has 4 rings (SSSR count). The van der Waals surface area contributed by atoms with Gasteiger partial charge in [-0.2, -0.15) is 13.1 Å². The molecule has 5 unspecified atom stereocenters. The zero-order valence-electron chi connectivity index (χ0n) is 13.7. The zero-order valence-corrected chi connectivity index (χ0v) is 14.5. The molecule has 8 heteroatoms. The van der Waals surface area contributed by atoms with Gasteiger partial charge in [-0.25, -0.2) is 0 Å². The van der Waals surface area contributed by atoms with Crippen LogP contribution in [0.25, 0.3) is 0 Å². The fourth-order valence-corrected chi connectivity index (χ4v) is 5.80. The smallest absolute Gasteiger partial charge is 0.336 e. The monoisotopic (exact) mass is 359 g/mol. The molecule has 0 amide bonds. The molecule has 1 saturated heterocycles. The summed E-state index contributed by atoms with van der Waals surface area (Å²) in [6.07, 6.45) is 6.59. The Kier molecular flexibility index (Phi) is 4.57. The molecule has 0 aromatic rings. The van der Waals surface area contributed by atoms with E-state index in [1.54, 1.807) is 0 Å². The predicted octanol–water partition coefficient (Wildman–Crippen LogP) is 1.14. The number of ether oxygens (including phenoxy) is 2. The number of fused-ring (bicyclic) bond motifs is 1. The molecule has 1 N–H and O–H groups in total. The van der Waals surface area contributed by atoms with Gasteiger partial charge in [-0.15, -0.1) is 0 Å². The summed E-state index contributed by atoms with van der Waals surface area (Å²) in [5.41, 5.74) is 0. The molecule has 2 bridgehead atoms. The maximum atomic E-state index is 12.1. The van der Waals surface area contributed by atoms with Crippen LogP contribution < -0.4 is 4.72 Å². The van der Waals surface area contributed by atoms with Crippen molar-refractivity contribution in [3.8, 4) is 0 Å². The predicted molar refractivity (Wildman–Crippen MR) is 84.2 cm³/mol. The standard InChI is InChI=1S/C16H25NO6S/c18-16-13-9-10-8-12(13)15(22-16)14(10)23-24(19,20)17-6-7-21-11-4-2-1-3-5-11/h10-15,17H,1-9H2. The number of hydrogen-bond donors (Lipinski definition) is 1. The van der Waals surface area contributed by atoms with E-state index < -0.39 is 22.5 Å². The second kappa shape index (κ2) is 6.55. The summed E-state index contributed by atoms with van der Waals surface area (Å²) >= 11 is 0. The maximum absolute atomic E-state index is 12.1. The number of carbonyl (C=O) groups is 1. The molecule has 136 valence electrons. The van der Waals surface area contributed by atoms with Crippen molar-refractivity contribution in [3.05, 3.63) is 0 Å². The van der Waals surface area contributed by atoms with Crippen molar-refractivity contribution in [1.29, 1.82) is 0 Å². The number of rotatable bonds is 7. The molecule has 1 heterocycles. The molecule has 3 aliphatic carbocycles. The zero-order chi connectivity index (χ0) is 16.7. The lowest BCUT2D eigenvalue weighted by Gasteiger charge is -2.25. The van der Waals surface area contributed by atoms with E-state index in [9.17, 15) is 13.2 Å². The molecule has 7 nitrogen and oxygen atoms in total. The Morgan fingerprint density at radius 1 is 1.17 bits per heavy atom. The van der Waals surface area contributed by atoms with Crippen molar-refractivity contribution in [2.45, 2.75) is 63.3 Å². The van der Waals surface area contributed by atoms with Gasteiger partial charge in [0.2, 0.25) is 0 Å². The Labute approximate surface area is 142 Å². The summed E-state index contributed by atoms with van der Waals surface area (Å²) in [5.74, 6) is 0.00749. The third-order valence-corrected chi connectivity index (χ3v) is 6.97. The summed E-state index contributed by atoms with van der Waals surface area (Å²) in [4.78, 5) is 11.7. The second-order valence-corrected chi connectivity index (χ2v) is 8.83. The third-order valence-electron chi connectivity index (χ3n) is 5.94. The van der Waals surface area contributed by atoms with Crippen LogP contribution >= 0.6 is 0 Å². The first-order chi connectivity index (χ1) is 11.5. The Morgan fingerprint density at radius 3 is 2.75 bits per heavy atom. The number of nitrogens with one attached hydrogen (secondary N) is 1. The average Bonchev–Trinajstić information content (AvgIpc) is 3.18. The Hall–Kier alpha value is -0.700. The second-order valence-electron chi connectivity index (χ2n) is 7.44. The highest BCUT2D eigenvalue weighted by Crippen LogP contribution is 2.55. The van der Waals surface area contributed by atoms with Crippen molar-refractivity contribution < 1.29 is 26.9 Å². The summed E-state index contributed by atoms with van der Waals surface area (Å²) in [6.45, 7) is 0.553. The van der Waals surface area contributed by atoms with E-state index in [1.807, 2.05) is 0 Å². The lowest BCUT2D eigenvalue weighted by molar-refractivity contribution is -0.145. The highest BCUT2D eigenvalue weighted by molar-refractivity contribution is 7.84. The fourth-order valence-electron chi connectivity index (χ4n) is 4.84. The molecule has 24 heavy (non-hydrogen) atoms. The molecule has 4 fully saturated rings. The number of hydrogen-bond acceptors (Lipinski definition) is 6. The average molecular weight is 359 g/mol. The molecule has 0 radical (unpaired) electrons. The van der Waals surface area contributed by atoms with Gasteiger partial charge in [0.05, 0.1) is 18.6 Å². The molecule has 5 atom stereocenters. The van der Waals surface area contributed by atoms with Gasteiger partial charge in [-0.1, -0.05) is 19.3 Å². The number of esters is 1. The van der Waals surface area contributed by atoms with Crippen molar-refractivity contribution in [1.82, 2.24) is 4.72 Å². The van der Waals surface area contributed by atoms with Gasteiger partial charge in [0, 0.05) is 12.5 Å². The fraction of sp³-hybridized carbons (Fsp3) is 0.938. The highest BCUT2D eigenvalue weighted by atomic mass is 32.2. The molecule has 0 aromatic carbocycles. The first kappa shape index (κ1) is 16.8. The minimum Gasteiger partial charge on any atom is -0.459 e. The molecular formula is C16H25NO6S. The molecule has 3 saturated carbocycles. The van der Waals surface area contributed by atoms with Crippen LogP contribution in [0.4, 0.5) is 0 Å². The molecular weight excluding hydrogens is 334 g/mol. The van der Waals surface area contributed by atoms with Gasteiger partial charge < -0.3 is 9.47 Å². The molecule has 0 spiro atoms. The van der Waals surface area contributed by atoms with E-state index in [-0.39, 0.29) is 36.4 Å². The molecule has 0 aromatic heterocycles. The molecule has 4 aliphatic rings. The van der Waals surface area contributed by atoms with E-state index in [1.165, 1.54) is 19.3 Å². The Bertz CT molecular complexity index is 587. The summed E-state index contributed by atoms with van der Waals surface area (Å²) in [6, 6.07) is 0. The topological polar surface area (TPSA) is 90.9 Å². The van der Waals surface area contributed by atoms with Crippen molar-refractivity contribution in [2.75, 3.05) is 13.2 Å². The molecule has 1 aliphatic heterocycles. The number of carbonyl (C=O) groups excluding carboxylic acids is 1. The SMILES string of the molecule is O=C1OC2C3CC(CC13)C2OS(=O)(=O)NCCOC1CCCCC1. The van der Waals surface area contributed by atoms with E-state index >= 15 is 0 Å². The lowest BCUT2D eigenvalue weighted by atomic mass is 9.88. The quantitative estimate of drug-likeness (QED) is 0.541. The van der Waals surface area contributed by atoms with E-state index in [0.717, 1.165) is 19.3 Å². The maximum Gasteiger partial charge on any atom is 0.336 e. The van der Waals surface area contributed by atoms with E-state index in [2.05, 4.69) is 4.72 Å². The Balaban J connectivity index is 1.23. The first-order valence-corrected chi connectivity index (χ1v) is 10.4. The van der Waals surface area contributed by atoms with Gasteiger partial charge >= 0.3 is 16.3 Å². The highest BCUT2D eigenvalue weighted by Gasteiger charge is 2.63. The van der Waals surface area contributed by atoms with Crippen molar-refractivity contribution >= 4 is 16.3 Å². The van der Waals surface area contributed by atoms with Gasteiger partial charge in [-0.3, -0.25) is 8.98 Å². The third kappa shape index (κ3) is 3.21. The van der Waals surface area contributed by atoms with Crippen LogP contribution in [-0.2, 0) is 28.8 Å².